The van der Waals surface area contributed by atoms with Gasteiger partial charge in [0.05, 0.1) is 6.61 Å². The van der Waals surface area contributed by atoms with Gasteiger partial charge in [-0.25, -0.2) is 13.8 Å². The molecule has 0 aliphatic carbocycles. The summed E-state index contributed by atoms with van der Waals surface area (Å²) in [5, 5.41) is 3.06. The predicted molar refractivity (Wildman–Crippen MR) is 76.4 cm³/mol. The summed E-state index contributed by atoms with van der Waals surface area (Å²) in [5.41, 5.74) is 0.480. The molecule has 1 N–H and O–H groups in total. The van der Waals surface area contributed by atoms with Gasteiger partial charge in [-0.1, -0.05) is 6.92 Å². The van der Waals surface area contributed by atoms with Crippen molar-refractivity contribution in [2.24, 2.45) is 0 Å². The van der Waals surface area contributed by atoms with Crippen LogP contribution in [-0.4, -0.2) is 29.8 Å². The van der Waals surface area contributed by atoms with Crippen LogP contribution in [0, 0.1) is 11.6 Å². The molecule has 1 heterocycles. The van der Waals surface area contributed by atoms with Crippen molar-refractivity contribution in [3.63, 3.8) is 0 Å². The SMILES string of the molecule is CCc1nccn1-c1c(F)cc(CNCCOC)cc1F. The summed E-state index contributed by atoms with van der Waals surface area (Å²) in [6.07, 6.45) is 3.71. The van der Waals surface area contributed by atoms with E-state index in [1.54, 1.807) is 13.3 Å². The second kappa shape index (κ2) is 7.28. The summed E-state index contributed by atoms with van der Waals surface area (Å²) < 4.78 is 34.8. The molecule has 0 spiro atoms. The normalized spacial score (nSPS) is 11.0. The summed E-state index contributed by atoms with van der Waals surface area (Å²) in [4.78, 5) is 4.09. The Morgan fingerprint density at radius 1 is 1.29 bits per heavy atom. The van der Waals surface area contributed by atoms with Crippen molar-refractivity contribution in [3.8, 4) is 5.69 Å². The zero-order chi connectivity index (χ0) is 15.2. The average molecular weight is 295 g/mol. The minimum absolute atomic E-state index is 0.0787. The molecule has 0 saturated heterocycles. The van der Waals surface area contributed by atoms with Crippen molar-refractivity contribution >= 4 is 0 Å². The van der Waals surface area contributed by atoms with Gasteiger partial charge in [-0.15, -0.1) is 0 Å². The maximum Gasteiger partial charge on any atom is 0.150 e. The van der Waals surface area contributed by atoms with E-state index in [1.807, 2.05) is 6.92 Å². The molecule has 2 aromatic rings. The highest BCUT2D eigenvalue weighted by molar-refractivity contribution is 5.39. The Balaban J connectivity index is 2.21. The summed E-state index contributed by atoms with van der Waals surface area (Å²) >= 11 is 0. The van der Waals surface area contributed by atoms with Crippen LogP contribution in [0.1, 0.15) is 18.3 Å². The van der Waals surface area contributed by atoms with E-state index in [0.29, 0.717) is 37.5 Å². The number of nitrogens with one attached hydrogen (secondary N) is 1. The van der Waals surface area contributed by atoms with Gasteiger partial charge in [0.2, 0.25) is 0 Å². The van der Waals surface area contributed by atoms with Crippen LogP contribution in [0.15, 0.2) is 24.5 Å². The Bertz CT molecular complexity index is 575. The van der Waals surface area contributed by atoms with Gasteiger partial charge in [-0.3, -0.25) is 4.57 Å². The molecular weight excluding hydrogens is 276 g/mol. The molecule has 0 aliphatic rings. The van der Waals surface area contributed by atoms with E-state index in [9.17, 15) is 8.78 Å². The predicted octanol–water partition coefficient (Wildman–Crippen LogP) is 2.45. The minimum atomic E-state index is -0.591. The van der Waals surface area contributed by atoms with Gasteiger partial charge in [0.25, 0.3) is 0 Å². The highest BCUT2D eigenvalue weighted by Crippen LogP contribution is 2.21. The van der Waals surface area contributed by atoms with E-state index in [2.05, 4.69) is 10.3 Å². The number of aryl methyl sites for hydroxylation is 1. The van der Waals surface area contributed by atoms with Gasteiger partial charge in [0.15, 0.2) is 11.6 Å². The largest absolute Gasteiger partial charge is 0.383 e. The maximum atomic E-state index is 14.2. The second-order valence-electron chi connectivity index (χ2n) is 4.64. The molecule has 0 atom stereocenters. The van der Waals surface area contributed by atoms with Gasteiger partial charge in [-0.2, -0.15) is 0 Å². The van der Waals surface area contributed by atoms with Crippen molar-refractivity contribution in [1.82, 2.24) is 14.9 Å². The molecule has 6 heteroatoms. The third kappa shape index (κ3) is 3.65. The topological polar surface area (TPSA) is 39.1 Å². The molecular formula is C15H19F2N3O. The van der Waals surface area contributed by atoms with Crippen LogP contribution in [0.3, 0.4) is 0 Å². The standard InChI is InChI=1S/C15H19F2N3O/c1-3-14-19-4-6-20(14)15-12(16)8-11(9-13(15)17)10-18-5-7-21-2/h4,6,8-9,18H,3,5,7,10H2,1-2H3. The number of aromatic nitrogens is 2. The number of methoxy groups -OCH3 is 1. The van der Waals surface area contributed by atoms with Crippen LogP contribution in [0.4, 0.5) is 8.78 Å². The van der Waals surface area contributed by atoms with Crippen molar-refractivity contribution in [2.45, 2.75) is 19.9 Å². The van der Waals surface area contributed by atoms with E-state index in [1.165, 1.54) is 22.9 Å². The lowest BCUT2D eigenvalue weighted by Gasteiger charge is -2.11. The number of imidazole rings is 1. The second-order valence-corrected chi connectivity index (χ2v) is 4.64. The molecule has 0 bridgehead atoms. The van der Waals surface area contributed by atoms with Gasteiger partial charge < -0.3 is 10.1 Å². The molecule has 0 saturated carbocycles. The molecule has 0 amide bonds. The van der Waals surface area contributed by atoms with Crippen LogP contribution in [0.25, 0.3) is 5.69 Å². The average Bonchev–Trinajstić information content (AvgIpc) is 2.91. The minimum Gasteiger partial charge on any atom is -0.383 e. The van der Waals surface area contributed by atoms with Crippen molar-refractivity contribution in [1.29, 1.82) is 0 Å². The Kier molecular flexibility index (Phi) is 5.41. The zero-order valence-corrected chi connectivity index (χ0v) is 12.2. The fraction of sp³-hybridized carbons (Fsp3) is 0.400. The van der Waals surface area contributed by atoms with Crippen molar-refractivity contribution in [2.75, 3.05) is 20.3 Å². The first-order chi connectivity index (χ1) is 10.2. The molecule has 1 aromatic carbocycles. The Hall–Kier alpha value is -1.79. The lowest BCUT2D eigenvalue weighted by Crippen LogP contribution is -2.19. The first-order valence-electron chi connectivity index (χ1n) is 6.87. The van der Waals surface area contributed by atoms with Gasteiger partial charge in [0, 0.05) is 39.0 Å². The molecule has 0 radical (unpaired) electrons. The number of benzene rings is 1. The molecule has 0 unspecified atom stereocenters. The molecule has 0 aliphatic heterocycles. The lowest BCUT2D eigenvalue weighted by molar-refractivity contribution is 0.199. The molecule has 114 valence electrons. The number of nitrogens with zero attached hydrogens (tertiary/aromatic N) is 2. The lowest BCUT2D eigenvalue weighted by atomic mass is 10.1. The molecule has 1 aromatic heterocycles. The fourth-order valence-electron chi connectivity index (χ4n) is 2.16. The smallest absolute Gasteiger partial charge is 0.150 e. The Labute approximate surface area is 122 Å². The monoisotopic (exact) mass is 295 g/mol. The van der Waals surface area contributed by atoms with E-state index in [-0.39, 0.29) is 5.69 Å². The summed E-state index contributed by atoms with van der Waals surface area (Å²) in [6.45, 7) is 3.46. The number of ether oxygens (including phenoxy) is 1. The molecule has 0 fully saturated rings. The van der Waals surface area contributed by atoms with E-state index in [4.69, 9.17) is 4.74 Å². The number of halogens is 2. The van der Waals surface area contributed by atoms with Crippen molar-refractivity contribution < 1.29 is 13.5 Å². The Morgan fingerprint density at radius 3 is 2.62 bits per heavy atom. The highest BCUT2D eigenvalue weighted by atomic mass is 19.1. The fourth-order valence-corrected chi connectivity index (χ4v) is 2.16. The summed E-state index contributed by atoms with van der Waals surface area (Å²) in [5.74, 6) is -0.559. The third-order valence-corrected chi connectivity index (χ3v) is 3.16. The quantitative estimate of drug-likeness (QED) is 0.798. The number of hydrogen-bond donors (Lipinski definition) is 1. The summed E-state index contributed by atoms with van der Waals surface area (Å²) in [6, 6.07) is 2.69. The first-order valence-corrected chi connectivity index (χ1v) is 6.87. The van der Waals surface area contributed by atoms with Crippen LogP contribution < -0.4 is 5.32 Å². The number of rotatable bonds is 7. The van der Waals surface area contributed by atoms with Gasteiger partial charge >= 0.3 is 0 Å². The first kappa shape index (κ1) is 15.6. The van der Waals surface area contributed by atoms with Crippen molar-refractivity contribution in [3.05, 3.63) is 47.5 Å². The highest BCUT2D eigenvalue weighted by Gasteiger charge is 2.15. The third-order valence-electron chi connectivity index (χ3n) is 3.16. The maximum absolute atomic E-state index is 14.2. The van der Waals surface area contributed by atoms with Crippen LogP contribution in [-0.2, 0) is 17.7 Å². The molecule has 4 nitrogen and oxygen atoms in total. The van der Waals surface area contributed by atoms with E-state index in [0.717, 1.165) is 0 Å². The van der Waals surface area contributed by atoms with E-state index >= 15 is 0 Å². The van der Waals surface area contributed by atoms with Gasteiger partial charge in [0.1, 0.15) is 11.5 Å². The van der Waals surface area contributed by atoms with Crippen LogP contribution in [0.5, 0.6) is 0 Å². The zero-order valence-electron chi connectivity index (χ0n) is 12.2. The van der Waals surface area contributed by atoms with Gasteiger partial charge in [-0.05, 0) is 17.7 Å². The number of hydrogen-bond acceptors (Lipinski definition) is 3. The van der Waals surface area contributed by atoms with E-state index < -0.39 is 11.6 Å². The van der Waals surface area contributed by atoms with Crippen LogP contribution in [0.2, 0.25) is 0 Å². The Morgan fingerprint density at radius 2 is 2.00 bits per heavy atom. The molecule has 2 rings (SSSR count). The molecule has 21 heavy (non-hydrogen) atoms. The van der Waals surface area contributed by atoms with Crippen LogP contribution >= 0.6 is 0 Å². The summed E-state index contributed by atoms with van der Waals surface area (Å²) in [7, 11) is 1.60.